The fraction of sp³-hybridized carbons (Fsp3) is 0.211. The van der Waals surface area contributed by atoms with Crippen LogP contribution in [0.3, 0.4) is 0 Å². The average Bonchev–Trinajstić information content (AvgIpc) is 2.83. The van der Waals surface area contributed by atoms with Crippen molar-refractivity contribution in [1.82, 2.24) is 4.90 Å². The standard InChI is InChI=1S/C19H16Cl2N2O4/c1-11-6-8-13(9-7-11)23-12(2)18(25)22(19(23)26)10-16(24)27-15-5-3-4-14(20)17(15)21/h3-9,12H,10H2,1-2H3/t12-/m1/s1. The molecule has 1 atom stereocenters. The molecule has 3 rings (SSSR count). The van der Waals surface area contributed by atoms with Crippen molar-refractivity contribution in [1.29, 1.82) is 0 Å². The lowest BCUT2D eigenvalue weighted by molar-refractivity contribution is -0.139. The number of nitrogens with zero attached hydrogens (tertiary/aromatic N) is 2. The molecule has 8 heteroatoms. The van der Waals surface area contributed by atoms with Gasteiger partial charge in [0, 0.05) is 5.69 Å². The van der Waals surface area contributed by atoms with Gasteiger partial charge in [0.2, 0.25) is 0 Å². The zero-order chi connectivity index (χ0) is 19.7. The topological polar surface area (TPSA) is 66.9 Å². The van der Waals surface area contributed by atoms with Crippen LogP contribution in [0.5, 0.6) is 5.75 Å². The predicted molar refractivity (Wildman–Crippen MR) is 102 cm³/mol. The van der Waals surface area contributed by atoms with E-state index in [9.17, 15) is 14.4 Å². The van der Waals surface area contributed by atoms with Crippen LogP contribution in [0, 0.1) is 6.92 Å². The monoisotopic (exact) mass is 406 g/mol. The van der Waals surface area contributed by atoms with Gasteiger partial charge in [-0.1, -0.05) is 47.0 Å². The number of hydrogen-bond acceptors (Lipinski definition) is 4. The summed E-state index contributed by atoms with van der Waals surface area (Å²) in [6, 6.07) is 10.5. The number of esters is 1. The Hall–Kier alpha value is -2.57. The number of carbonyl (C=O) groups is 3. The van der Waals surface area contributed by atoms with Crippen LogP contribution in [0.2, 0.25) is 10.0 Å². The highest BCUT2D eigenvalue weighted by Gasteiger charge is 2.44. The molecule has 1 aliphatic rings. The lowest BCUT2D eigenvalue weighted by atomic mass is 10.2. The molecule has 0 aliphatic carbocycles. The molecular weight excluding hydrogens is 391 g/mol. The fourth-order valence-electron chi connectivity index (χ4n) is 2.76. The molecule has 6 nitrogen and oxygen atoms in total. The maximum atomic E-state index is 12.7. The summed E-state index contributed by atoms with van der Waals surface area (Å²) in [5.41, 5.74) is 1.61. The number of carbonyl (C=O) groups excluding carboxylic acids is 3. The Morgan fingerprint density at radius 2 is 1.78 bits per heavy atom. The van der Waals surface area contributed by atoms with Gasteiger partial charge in [0.05, 0.1) is 5.02 Å². The normalized spacial score (nSPS) is 16.8. The number of imide groups is 1. The first-order chi connectivity index (χ1) is 12.8. The van der Waals surface area contributed by atoms with Crippen molar-refractivity contribution in [2.75, 3.05) is 11.4 Å². The van der Waals surface area contributed by atoms with E-state index in [-0.39, 0.29) is 15.8 Å². The first kappa shape index (κ1) is 19.2. The second-order valence-electron chi connectivity index (χ2n) is 6.11. The zero-order valence-electron chi connectivity index (χ0n) is 14.6. The van der Waals surface area contributed by atoms with Crippen molar-refractivity contribution in [3.05, 3.63) is 58.1 Å². The van der Waals surface area contributed by atoms with Gasteiger partial charge in [-0.25, -0.2) is 9.59 Å². The summed E-state index contributed by atoms with van der Waals surface area (Å²) in [6.45, 7) is 3.01. The Morgan fingerprint density at radius 1 is 1.11 bits per heavy atom. The van der Waals surface area contributed by atoms with E-state index in [4.69, 9.17) is 27.9 Å². The van der Waals surface area contributed by atoms with Crippen LogP contribution in [0.25, 0.3) is 0 Å². The first-order valence-electron chi connectivity index (χ1n) is 8.15. The Kier molecular flexibility index (Phi) is 5.39. The fourth-order valence-corrected chi connectivity index (χ4v) is 3.09. The Bertz CT molecular complexity index is 914. The summed E-state index contributed by atoms with van der Waals surface area (Å²) >= 11 is 11.9. The van der Waals surface area contributed by atoms with E-state index >= 15 is 0 Å². The van der Waals surface area contributed by atoms with E-state index in [1.54, 1.807) is 31.2 Å². The number of rotatable bonds is 4. The van der Waals surface area contributed by atoms with Gasteiger partial charge in [-0.2, -0.15) is 0 Å². The van der Waals surface area contributed by atoms with Crippen molar-refractivity contribution < 1.29 is 19.1 Å². The van der Waals surface area contributed by atoms with Crippen molar-refractivity contribution in [2.45, 2.75) is 19.9 Å². The van der Waals surface area contributed by atoms with Gasteiger partial charge >= 0.3 is 12.0 Å². The van der Waals surface area contributed by atoms with Crippen LogP contribution < -0.4 is 9.64 Å². The summed E-state index contributed by atoms with van der Waals surface area (Å²) in [4.78, 5) is 39.6. The number of ether oxygens (including phenoxy) is 1. The van der Waals surface area contributed by atoms with Crippen LogP contribution >= 0.6 is 23.2 Å². The second kappa shape index (κ2) is 7.58. The molecule has 2 aromatic rings. The molecule has 0 spiro atoms. The molecule has 2 aromatic carbocycles. The van der Waals surface area contributed by atoms with E-state index in [1.807, 2.05) is 19.1 Å². The van der Waals surface area contributed by atoms with Gasteiger partial charge in [-0.15, -0.1) is 0 Å². The molecule has 0 radical (unpaired) electrons. The number of aryl methyl sites for hydroxylation is 1. The summed E-state index contributed by atoms with van der Waals surface area (Å²) in [5, 5.41) is 0.315. The Labute approximate surface area is 166 Å². The van der Waals surface area contributed by atoms with Gasteiger partial charge in [-0.05, 0) is 38.1 Å². The summed E-state index contributed by atoms with van der Waals surface area (Å²) < 4.78 is 5.16. The summed E-state index contributed by atoms with van der Waals surface area (Å²) in [6.07, 6.45) is 0. The largest absolute Gasteiger partial charge is 0.424 e. The molecule has 1 aliphatic heterocycles. The number of benzene rings is 2. The number of amides is 3. The average molecular weight is 407 g/mol. The summed E-state index contributed by atoms with van der Waals surface area (Å²) in [5.74, 6) is -1.20. The van der Waals surface area contributed by atoms with Gasteiger partial charge in [0.25, 0.3) is 5.91 Å². The van der Waals surface area contributed by atoms with Crippen molar-refractivity contribution in [3.8, 4) is 5.75 Å². The van der Waals surface area contributed by atoms with Crippen LogP contribution in [0.4, 0.5) is 10.5 Å². The zero-order valence-corrected chi connectivity index (χ0v) is 16.1. The van der Waals surface area contributed by atoms with Gasteiger partial charge in [0.15, 0.2) is 5.75 Å². The number of hydrogen-bond donors (Lipinski definition) is 0. The molecule has 0 N–H and O–H groups in total. The van der Waals surface area contributed by atoms with Crippen LogP contribution in [0.1, 0.15) is 12.5 Å². The highest BCUT2D eigenvalue weighted by Crippen LogP contribution is 2.32. The maximum Gasteiger partial charge on any atom is 0.332 e. The highest BCUT2D eigenvalue weighted by atomic mass is 35.5. The molecule has 27 heavy (non-hydrogen) atoms. The second-order valence-corrected chi connectivity index (χ2v) is 6.90. The summed E-state index contributed by atoms with van der Waals surface area (Å²) in [7, 11) is 0. The van der Waals surface area contributed by atoms with Gasteiger partial charge < -0.3 is 4.74 Å². The lowest BCUT2D eigenvalue weighted by Crippen LogP contribution is -2.38. The van der Waals surface area contributed by atoms with E-state index < -0.39 is 30.5 Å². The number of urea groups is 1. The third kappa shape index (κ3) is 3.77. The smallest absolute Gasteiger partial charge is 0.332 e. The van der Waals surface area contributed by atoms with Crippen LogP contribution in [0.15, 0.2) is 42.5 Å². The van der Waals surface area contributed by atoms with Crippen molar-refractivity contribution >= 4 is 46.8 Å². The SMILES string of the molecule is Cc1ccc(N2C(=O)N(CC(=O)Oc3cccc(Cl)c3Cl)C(=O)[C@H]2C)cc1. The molecule has 3 amide bonds. The van der Waals surface area contributed by atoms with E-state index in [1.165, 1.54) is 11.0 Å². The molecule has 0 unspecified atom stereocenters. The Balaban J connectivity index is 1.75. The molecule has 0 aromatic heterocycles. The molecule has 0 saturated carbocycles. The van der Waals surface area contributed by atoms with Crippen molar-refractivity contribution in [3.63, 3.8) is 0 Å². The minimum absolute atomic E-state index is 0.0664. The molecular formula is C19H16Cl2N2O4. The van der Waals surface area contributed by atoms with Gasteiger partial charge in [0.1, 0.15) is 17.6 Å². The molecule has 1 fully saturated rings. The third-order valence-corrected chi connectivity index (χ3v) is 4.99. The van der Waals surface area contributed by atoms with E-state index in [2.05, 4.69) is 0 Å². The third-order valence-electron chi connectivity index (χ3n) is 4.19. The lowest BCUT2D eigenvalue weighted by Gasteiger charge is -2.19. The van der Waals surface area contributed by atoms with Crippen LogP contribution in [-0.2, 0) is 9.59 Å². The molecule has 1 saturated heterocycles. The maximum absolute atomic E-state index is 12.7. The van der Waals surface area contributed by atoms with E-state index in [0.29, 0.717) is 5.69 Å². The number of anilines is 1. The first-order valence-corrected chi connectivity index (χ1v) is 8.91. The highest BCUT2D eigenvalue weighted by molar-refractivity contribution is 6.43. The van der Waals surface area contributed by atoms with E-state index in [0.717, 1.165) is 10.5 Å². The number of halogens is 2. The minimum Gasteiger partial charge on any atom is -0.424 e. The Morgan fingerprint density at radius 3 is 2.44 bits per heavy atom. The molecule has 1 heterocycles. The predicted octanol–water partition coefficient (Wildman–Crippen LogP) is 4.06. The minimum atomic E-state index is -0.793. The van der Waals surface area contributed by atoms with Gasteiger partial charge in [-0.3, -0.25) is 14.6 Å². The molecule has 140 valence electrons. The molecule has 0 bridgehead atoms. The van der Waals surface area contributed by atoms with Crippen LogP contribution in [-0.4, -0.2) is 35.4 Å². The van der Waals surface area contributed by atoms with Crippen molar-refractivity contribution in [2.24, 2.45) is 0 Å². The quantitative estimate of drug-likeness (QED) is 0.436.